The maximum atomic E-state index is 4.10. The summed E-state index contributed by atoms with van der Waals surface area (Å²) in [7, 11) is 4.04. The van der Waals surface area contributed by atoms with Crippen LogP contribution in [0.25, 0.3) is 78.8 Å². The third kappa shape index (κ3) is 6.71. The Hall–Kier alpha value is -6.80. The molecule has 13 rings (SSSR count). The van der Waals surface area contributed by atoms with E-state index in [2.05, 4.69) is 151 Å². The van der Waals surface area contributed by atoms with Crippen molar-refractivity contribution in [1.82, 2.24) is 29.3 Å². The van der Waals surface area contributed by atoms with Gasteiger partial charge in [-0.1, -0.05) is 103 Å². The number of para-hydroxylation sites is 2. The number of imidazole rings is 2. The predicted molar refractivity (Wildman–Crippen MR) is 236 cm³/mol. The third-order valence-corrected chi connectivity index (χ3v) is 11.8. The predicted octanol–water partition coefficient (Wildman–Crippen LogP) is 8.78. The number of hydrogen-bond donors (Lipinski definition) is 0. The minimum absolute atomic E-state index is 0. The van der Waals surface area contributed by atoms with Gasteiger partial charge in [0, 0.05) is 44.5 Å². The molecular formula is C52H39IrN8-3. The fourth-order valence-corrected chi connectivity index (χ4v) is 9.07. The molecule has 4 aliphatic carbocycles. The van der Waals surface area contributed by atoms with E-state index < -0.39 is 0 Å². The first kappa shape index (κ1) is 38.4. The molecule has 8 nitrogen and oxygen atoms in total. The zero-order chi connectivity index (χ0) is 40.3. The number of allylic oxidation sites excluding steroid dienone is 6. The summed E-state index contributed by atoms with van der Waals surface area (Å²) in [6.07, 6.45) is 30.4. The summed E-state index contributed by atoms with van der Waals surface area (Å²) >= 11 is 0. The van der Waals surface area contributed by atoms with Crippen molar-refractivity contribution in [2.45, 2.75) is 32.6 Å². The Morgan fingerprint density at radius 3 is 2.00 bits per heavy atom. The first-order chi connectivity index (χ1) is 29.5. The SMILES string of the molecule is C[n+]1[c-]n(-c2[c-]cc3c4c5c(ccc24)C=CCC5=CC3)c2ccccc21.C[n+]1[c-]n(-c2[c-]cc3c4c5c(ccc24)C=CCC5=CC3)cc1.Cc1n[n-]c(-c2ccccn2)n1.[Ir]. The number of benzene rings is 5. The van der Waals surface area contributed by atoms with E-state index in [1.165, 1.54) is 71.6 Å². The van der Waals surface area contributed by atoms with Crippen LogP contribution in [0.15, 0.2) is 122 Å². The van der Waals surface area contributed by atoms with Gasteiger partial charge in [-0.25, -0.2) is 0 Å². The number of hydrogen-bond acceptors (Lipinski definition) is 3. The summed E-state index contributed by atoms with van der Waals surface area (Å²) < 4.78 is 8.17. The van der Waals surface area contributed by atoms with Gasteiger partial charge in [0.25, 0.3) is 0 Å². The average Bonchev–Trinajstić information content (AvgIpc) is 4.03. The van der Waals surface area contributed by atoms with Gasteiger partial charge in [-0.3, -0.25) is 10.1 Å². The van der Waals surface area contributed by atoms with E-state index in [-0.39, 0.29) is 20.1 Å². The minimum atomic E-state index is 0. The Balaban J connectivity index is 0.000000116. The van der Waals surface area contributed by atoms with Crippen LogP contribution in [0.1, 0.15) is 52.0 Å². The fourth-order valence-electron chi connectivity index (χ4n) is 9.07. The summed E-state index contributed by atoms with van der Waals surface area (Å²) in [5.74, 6) is 1.27. The Morgan fingerprint density at radius 2 is 1.38 bits per heavy atom. The molecule has 0 N–H and O–H groups in total. The second-order valence-electron chi connectivity index (χ2n) is 15.6. The van der Waals surface area contributed by atoms with Crippen molar-refractivity contribution < 1.29 is 29.2 Å². The average molecular weight is 968 g/mol. The van der Waals surface area contributed by atoms with Gasteiger partial charge < -0.3 is 28.4 Å². The van der Waals surface area contributed by atoms with E-state index in [1.807, 2.05) is 53.8 Å². The molecule has 1 radical (unpaired) electrons. The van der Waals surface area contributed by atoms with Crippen molar-refractivity contribution in [1.29, 1.82) is 0 Å². The molecule has 0 saturated heterocycles. The molecular weight excluding hydrogens is 929 g/mol. The molecule has 0 atom stereocenters. The van der Waals surface area contributed by atoms with Crippen LogP contribution in [0.4, 0.5) is 0 Å². The van der Waals surface area contributed by atoms with E-state index in [9.17, 15) is 0 Å². The van der Waals surface area contributed by atoms with Crippen molar-refractivity contribution >= 4 is 55.9 Å². The fraction of sp³-hybridized carbons (Fsp3) is 0.135. The summed E-state index contributed by atoms with van der Waals surface area (Å²) in [6.45, 7) is 1.80. The van der Waals surface area contributed by atoms with Gasteiger partial charge in [-0.2, -0.15) is 24.3 Å². The summed E-state index contributed by atoms with van der Waals surface area (Å²) in [5, 5.41) is 13.0. The summed E-state index contributed by atoms with van der Waals surface area (Å²) in [5.41, 5.74) is 16.5. The molecule has 4 aromatic heterocycles. The van der Waals surface area contributed by atoms with Crippen molar-refractivity contribution in [2.75, 3.05) is 0 Å². The molecule has 0 amide bonds. The van der Waals surface area contributed by atoms with Crippen molar-refractivity contribution in [3.05, 3.63) is 186 Å². The number of aromatic nitrogens is 8. The molecule has 9 aromatic rings. The molecule has 9 heteroatoms. The van der Waals surface area contributed by atoms with Crippen molar-refractivity contribution in [3.63, 3.8) is 0 Å². The van der Waals surface area contributed by atoms with Crippen molar-refractivity contribution in [2.24, 2.45) is 14.1 Å². The van der Waals surface area contributed by atoms with Crippen LogP contribution in [0.2, 0.25) is 0 Å². The van der Waals surface area contributed by atoms with Crippen LogP contribution in [0.5, 0.6) is 0 Å². The molecule has 4 aliphatic rings. The van der Waals surface area contributed by atoms with Gasteiger partial charge in [-0.05, 0) is 71.1 Å². The summed E-state index contributed by atoms with van der Waals surface area (Å²) in [6, 6.07) is 34.4. The largest absolute Gasteiger partial charge is 0.421 e. The molecule has 4 heterocycles. The van der Waals surface area contributed by atoms with Crippen LogP contribution < -0.4 is 14.2 Å². The second kappa shape index (κ2) is 15.7. The number of rotatable bonds is 3. The van der Waals surface area contributed by atoms with E-state index in [0.717, 1.165) is 48.3 Å². The number of aryl methyl sites for hydroxylation is 3. The normalized spacial score (nSPS) is 13.8. The van der Waals surface area contributed by atoms with Gasteiger partial charge in [-0.15, -0.1) is 44.8 Å². The molecule has 0 spiro atoms. The van der Waals surface area contributed by atoms with Crippen LogP contribution >= 0.6 is 0 Å². The van der Waals surface area contributed by atoms with Crippen LogP contribution in [-0.2, 0) is 47.0 Å². The van der Waals surface area contributed by atoms with Gasteiger partial charge in [0.2, 0.25) is 12.7 Å². The van der Waals surface area contributed by atoms with Gasteiger partial charge >= 0.3 is 0 Å². The molecule has 0 saturated carbocycles. The quantitative estimate of drug-likeness (QED) is 0.131. The van der Waals surface area contributed by atoms with Crippen LogP contribution in [-0.4, -0.2) is 24.2 Å². The smallest absolute Gasteiger partial charge is 0.242 e. The Morgan fingerprint density at radius 1 is 0.721 bits per heavy atom. The molecule has 0 aliphatic heterocycles. The first-order valence-corrected chi connectivity index (χ1v) is 20.3. The minimum Gasteiger partial charge on any atom is -0.421 e. The van der Waals surface area contributed by atoms with E-state index in [0.29, 0.717) is 11.6 Å². The Kier molecular flexibility index (Phi) is 9.86. The molecule has 0 fully saturated rings. The topological polar surface area (TPSA) is 70.4 Å². The van der Waals surface area contributed by atoms with Gasteiger partial charge in [0.05, 0.1) is 30.8 Å². The zero-order valence-electron chi connectivity index (χ0n) is 33.9. The third-order valence-electron chi connectivity index (χ3n) is 11.8. The molecule has 61 heavy (non-hydrogen) atoms. The van der Waals surface area contributed by atoms with Crippen molar-refractivity contribution in [3.8, 4) is 22.9 Å². The first-order valence-electron chi connectivity index (χ1n) is 20.3. The van der Waals surface area contributed by atoms with E-state index in [4.69, 9.17) is 0 Å². The number of fused-ring (bicyclic) bond motifs is 1. The molecule has 5 aromatic carbocycles. The van der Waals surface area contributed by atoms with Crippen LogP contribution in [0.3, 0.4) is 0 Å². The van der Waals surface area contributed by atoms with E-state index in [1.54, 1.807) is 13.1 Å². The Labute approximate surface area is 367 Å². The Bertz CT molecular complexity index is 3300. The molecule has 0 bridgehead atoms. The van der Waals surface area contributed by atoms with Crippen LogP contribution in [0, 0.1) is 31.7 Å². The maximum Gasteiger partial charge on any atom is 0.242 e. The number of pyridine rings is 1. The summed E-state index contributed by atoms with van der Waals surface area (Å²) in [4.78, 5) is 8.19. The standard InChI is InChI=1S/C24H17N2.C20H15N2.C8H7N4.Ir/c1-25-15-26(22-8-3-2-7-21(22)25)20-14-12-18-10-9-16-5-4-6-17-11-13-19(20)24(18)23(16)17;1-21-11-12-22(13-21)18-10-8-16-6-5-14-3-2-4-15-7-9-17(18)20(16)19(14)15;1-6-10-8(12-11-6)7-4-2-3-5-9-7;/h2-4,6-9,11-13H,5,10H2,1H3;2,4-5,7-9,11-12H,3,6H2,1H3;2-5H,1H3;/q3*-1;. The zero-order valence-corrected chi connectivity index (χ0v) is 36.3. The molecule has 0 unspecified atom stereocenters. The van der Waals surface area contributed by atoms with Gasteiger partial charge in [0.1, 0.15) is 0 Å². The maximum absolute atomic E-state index is 4.10. The monoisotopic (exact) mass is 968 g/mol. The second-order valence-corrected chi connectivity index (χ2v) is 15.6. The molecule has 299 valence electrons. The van der Waals surface area contributed by atoms with E-state index >= 15 is 0 Å². The van der Waals surface area contributed by atoms with Gasteiger partial charge in [0.15, 0.2) is 0 Å². The number of nitrogens with zero attached hydrogens (tertiary/aromatic N) is 8.